The molecule has 1 amide bonds. The van der Waals surface area contributed by atoms with Crippen molar-refractivity contribution in [3.8, 4) is 0 Å². The van der Waals surface area contributed by atoms with Gasteiger partial charge in [0.05, 0.1) is 11.1 Å². The molecular weight excluding hydrogens is 316 g/mol. The third kappa shape index (κ3) is 5.14. The standard InChI is InChI=1S/C20H24N2O3/c1-14(20(2,3)4)25-19(24)17-7-5-15(6-8-17)13-22-11-9-16(10-12-22)18(21)23/h5-12,14H,13H2,1-4H3,(H-,21,23)/p+1/t14-/m1/s1. The molecule has 0 saturated carbocycles. The fourth-order valence-electron chi connectivity index (χ4n) is 2.09. The van der Waals surface area contributed by atoms with E-state index in [0.717, 1.165) is 5.56 Å². The summed E-state index contributed by atoms with van der Waals surface area (Å²) in [6.45, 7) is 8.64. The van der Waals surface area contributed by atoms with Crippen molar-refractivity contribution < 1.29 is 18.9 Å². The lowest BCUT2D eigenvalue weighted by Gasteiger charge is -2.26. The first-order valence-corrected chi connectivity index (χ1v) is 8.25. The fraction of sp³-hybridized carbons (Fsp3) is 0.350. The van der Waals surface area contributed by atoms with Crippen LogP contribution in [-0.2, 0) is 11.3 Å². The number of pyridine rings is 1. The largest absolute Gasteiger partial charge is 0.459 e. The lowest BCUT2D eigenvalue weighted by molar-refractivity contribution is -0.688. The highest BCUT2D eigenvalue weighted by Gasteiger charge is 2.24. The molecule has 0 bridgehead atoms. The second-order valence-electron chi connectivity index (χ2n) is 7.23. The van der Waals surface area contributed by atoms with E-state index >= 15 is 0 Å². The van der Waals surface area contributed by atoms with Crippen LogP contribution in [0, 0.1) is 5.41 Å². The highest BCUT2D eigenvalue weighted by atomic mass is 16.5. The maximum atomic E-state index is 12.2. The average Bonchev–Trinajstić information content (AvgIpc) is 2.55. The molecule has 2 N–H and O–H groups in total. The van der Waals surface area contributed by atoms with Gasteiger partial charge in [-0.05, 0) is 24.5 Å². The molecule has 0 radical (unpaired) electrons. The molecule has 0 aliphatic rings. The lowest BCUT2D eigenvalue weighted by Crippen LogP contribution is -2.33. The van der Waals surface area contributed by atoms with Gasteiger partial charge in [-0.15, -0.1) is 0 Å². The van der Waals surface area contributed by atoms with Gasteiger partial charge < -0.3 is 10.5 Å². The molecule has 2 rings (SSSR count). The third-order valence-corrected chi connectivity index (χ3v) is 4.23. The number of carbonyl (C=O) groups is 2. The summed E-state index contributed by atoms with van der Waals surface area (Å²) in [6, 6.07) is 10.7. The number of carbonyl (C=O) groups excluding carboxylic acids is 2. The Balaban J connectivity index is 2.02. The molecule has 0 saturated heterocycles. The number of esters is 1. The van der Waals surface area contributed by atoms with Gasteiger partial charge in [-0.3, -0.25) is 4.79 Å². The molecule has 1 atom stereocenters. The normalized spacial score (nSPS) is 12.5. The average molecular weight is 341 g/mol. The van der Waals surface area contributed by atoms with Crippen LogP contribution in [0.25, 0.3) is 0 Å². The number of nitrogens with two attached hydrogens (primary N) is 1. The van der Waals surface area contributed by atoms with Crippen LogP contribution in [0.2, 0.25) is 0 Å². The smallest absolute Gasteiger partial charge is 0.338 e. The fourth-order valence-corrected chi connectivity index (χ4v) is 2.09. The summed E-state index contributed by atoms with van der Waals surface area (Å²) in [5.74, 6) is -0.757. The Morgan fingerprint density at radius 3 is 2.08 bits per heavy atom. The molecule has 2 aromatic rings. The van der Waals surface area contributed by atoms with E-state index in [1.807, 2.05) is 44.4 Å². The Bertz CT molecular complexity index is 744. The quantitative estimate of drug-likeness (QED) is 0.671. The number of ether oxygens (including phenoxy) is 1. The molecule has 0 unspecified atom stereocenters. The zero-order valence-corrected chi connectivity index (χ0v) is 15.2. The number of benzene rings is 1. The first-order chi connectivity index (χ1) is 11.7. The Morgan fingerprint density at radius 2 is 1.60 bits per heavy atom. The van der Waals surface area contributed by atoms with Crippen molar-refractivity contribution in [1.82, 2.24) is 0 Å². The van der Waals surface area contributed by atoms with Gasteiger partial charge in [0.2, 0.25) is 5.91 Å². The van der Waals surface area contributed by atoms with Crippen LogP contribution in [0.3, 0.4) is 0 Å². The first kappa shape index (κ1) is 18.6. The van der Waals surface area contributed by atoms with Gasteiger partial charge in [-0.1, -0.05) is 32.9 Å². The molecule has 0 spiro atoms. The number of primary amides is 1. The van der Waals surface area contributed by atoms with Gasteiger partial charge in [-0.25, -0.2) is 9.36 Å². The van der Waals surface area contributed by atoms with Gasteiger partial charge >= 0.3 is 5.97 Å². The predicted molar refractivity (Wildman–Crippen MR) is 95.0 cm³/mol. The number of hydrogen-bond donors (Lipinski definition) is 1. The predicted octanol–water partition coefficient (Wildman–Crippen LogP) is 2.71. The number of nitrogens with zero attached hydrogens (tertiary/aromatic N) is 1. The van der Waals surface area contributed by atoms with Crippen LogP contribution in [0.15, 0.2) is 48.8 Å². The monoisotopic (exact) mass is 341 g/mol. The van der Waals surface area contributed by atoms with Crippen molar-refractivity contribution >= 4 is 11.9 Å². The van der Waals surface area contributed by atoms with E-state index in [9.17, 15) is 9.59 Å². The number of rotatable bonds is 5. The number of hydrogen-bond acceptors (Lipinski definition) is 3. The third-order valence-electron chi connectivity index (χ3n) is 4.23. The molecule has 1 aromatic heterocycles. The molecule has 25 heavy (non-hydrogen) atoms. The van der Waals surface area contributed by atoms with E-state index in [1.165, 1.54) is 0 Å². The van der Waals surface area contributed by atoms with Crippen molar-refractivity contribution in [1.29, 1.82) is 0 Å². The van der Waals surface area contributed by atoms with Gasteiger partial charge in [0.15, 0.2) is 18.9 Å². The molecule has 0 aliphatic carbocycles. The maximum absolute atomic E-state index is 12.2. The van der Waals surface area contributed by atoms with Crippen LogP contribution in [0.4, 0.5) is 0 Å². The Kier molecular flexibility index (Phi) is 5.57. The molecule has 5 nitrogen and oxygen atoms in total. The molecule has 0 aliphatic heterocycles. The first-order valence-electron chi connectivity index (χ1n) is 8.25. The minimum atomic E-state index is -0.445. The van der Waals surface area contributed by atoms with Crippen molar-refractivity contribution in [2.45, 2.75) is 40.3 Å². The summed E-state index contributed by atoms with van der Waals surface area (Å²) in [5.41, 5.74) is 7.19. The second-order valence-corrected chi connectivity index (χ2v) is 7.23. The van der Waals surface area contributed by atoms with E-state index in [4.69, 9.17) is 10.5 Å². The minimum Gasteiger partial charge on any atom is -0.459 e. The van der Waals surface area contributed by atoms with Gasteiger partial charge in [-0.2, -0.15) is 0 Å². The van der Waals surface area contributed by atoms with E-state index < -0.39 is 5.91 Å². The second kappa shape index (κ2) is 7.47. The van der Waals surface area contributed by atoms with E-state index in [1.54, 1.807) is 36.7 Å². The lowest BCUT2D eigenvalue weighted by atomic mass is 9.90. The van der Waals surface area contributed by atoms with Gasteiger partial charge in [0.25, 0.3) is 0 Å². The van der Waals surface area contributed by atoms with Crippen molar-refractivity contribution in [3.63, 3.8) is 0 Å². The Hall–Kier alpha value is -2.69. The van der Waals surface area contributed by atoms with Crippen LogP contribution >= 0.6 is 0 Å². The van der Waals surface area contributed by atoms with Crippen molar-refractivity contribution in [3.05, 3.63) is 65.5 Å². The zero-order valence-electron chi connectivity index (χ0n) is 15.2. The summed E-state index contributed by atoms with van der Waals surface area (Å²) in [6.07, 6.45) is 3.43. The molecule has 5 heteroatoms. The molecule has 132 valence electrons. The molecule has 1 heterocycles. The minimum absolute atomic E-state index is 0.0939. The Labute approximate surface area is 148 Å². The van der Waals surface area contributed by atoms with E-state index in [-0.39, 0.29) is 17.5 Å². The number of aromatic nitrogens is 1. The van der Waals surface area contributed by atoms with Crippen LogP contribution in [0.5, 0.6) is 0 Å². The summed E-state index contributed by atoms with van der Waals surface area (Å²) in [4.78, 5) is 23.3. The zero-order chi connectivity index (χ0) is 18.6. The van der Waals surface area contributed by atoms with Gasteiger partial charge in [0.1, 0.15) is 6.10 Å². The topological polar surface area (TPSA) is 73.3 Å². The van der Waals surface area contributed by atoms with Crippen molar-refractivity contribution in [2.75, 3.05) is 0 Å². The van der Waals surface area contributed by atoms with Gasteiger partial charge in [0, 0.05) is 17.7 Å². The summed E-state index contributed by atoms with van der Waals surface area (Å²) < 4.78 is 7.44. The molecule has 0 fully saturated rings. The highest BCUT2D eigenvalue weighted by Crippen LogP contribution is 2.22. The van der Waals surface area contributed by atoms with E-state index in [2.05, 4.69) is 0 Å². The molecule has 1 aromatic carbocycles. The van der Waals surface area contributed by atoms with Crippen molar-refractivity contribution in [2.24, 2.45) is 11.1 Å². The van der Waals surface area contributed by atoms with Crippen LogP contribution in [0.1, 0.15) is 54.0 Å². The van der Waals surface area contributed by atoms with E-state index in [0.29, 0.717) is 17.7 Å². The highest BCUT2D eigenvalue weighted by molar-refractivity contribution is 5.92. The summed E-state index contributed by atoms with van der Waals surface area (Å²) in [7, 11) is 0. The summed E-state index contributed by atoms with van der Waals surface area (Å²) >= 11 is 0. The Morgan fingerprint density at radius 1 is 1.04 bits per heavy atom. The number of amides is 1. The molecular formula is C20H25N2O3+. The van der Waals surface area contributed by atoms with Crippen LogP contribution in [-0.4, -0.2) is 18.0 Å². The summed E-state index contributed by atoms with van der Waals surface area (Å²) in [5, 5.41) is 0. The van der Waals surface area contributed by atoms with Crippen LogP contribution < -0.4 is 10.3 Å². The SMILES string of the molecule is C[C@@H](OC(=O)c1ccc(C[n+]2ccc(C(N)=O)cc2)cc1)C(C)(C)C. The maximum Gasteiger partial charge on any atom is 0.338 e.